The molecule has 1 fully saturated rings. The van der Waals surface area contributed by atoms with Gasteiger partial charge in [0.25, 0.3) is 0 Å². The number of aryl methyl sites for hydroxylation is 1. The van der Waals surface area contributed by atoms with Crippen molar-refractivity contribution in [1.82, 2.24) is 0 Å². The molecule has 2 aliphatic rings. The molecule has 1 aromatic carbocycles. The Kier molecular flexibility index (Phi) is 4.53. The Morgan fingerprint density at radius 3 is 2.71 bits per heavy atom. The molecule has 1 saturated carbocycles. The van der Waals surface area contributed by atoms with E-state index in [1.54, 1.807) is 11.1 Å². The van der Waals surface area contributed by atoms with E-state index in [0.29, 0.717) is 18.4 Å². The zero-order chi connectivity index (χ0) is 17.5. The predicted octanol–water partition coefficient (Wildman–Crippen LogP) is 5.38. The predicted molar refractivity (Wildman–Crippen MR) is 98.3 cm³/mol. The van der Waals surface area contributed by atoms with Crippen molar-refractivity contribution in [1.29, 1.82) is 0 Å². The highest BCUT2D eigenvalue weighted by atomic mass is 16.5. The Morgan fingerprint density at radius 2 is 2.04 bits per heavy atom. The SMILES string of the molecule is CC(=O)OC[C@@]1(C)CCC[C@@]2(C)c3ccc(C(C)C)cc3CC[C@@H]12. The van der Waals surface area contributed by atoms with Gasteiger partial charge in [-0.25, -0.2) is 0 Å². The van der Waals surface area contributed by atoms with Crippen LogP contribution in [-0.2, 0) is 21.4 Å². The van der Waals surface area contributed by atoms with E-state index >= 15 is 0 Å². The molecule has 0 unspecified atom stereocenters. The van der Waals surface area contributed by atoms with Gasteiger partial charge in [-0.15, -0.1) is 0 Å². The molecular weight excluding hydrogens is 296 g/mol. The first-order valence-electron chi connectivity index (χ1n) is 9.53. The second kappa shape index (κ2) is 6.20. The summed E-state index contributed by atoms with van der Waals surface area (Å²) in [5.41, 5.74) is 4.88. The van der Waals surface area contributed by atoms with Gasteiger partial charge in [-0.2, -0.15) is 0 Å². The van der Waals surface area contributed by atoms with Crippen molar-refractivity contribution in [3.8, 4) is 0 Å². The molecule has 0 aromatic heterocycles. The summed E-state index contributed by atoms with van der Waals surface area (Å²) >= 11 is 0. The van der Waals surface area contributed by atoms with Crippen LogP contribution in [0.1, 0.15) is 82.9 Å². The van der Waals surface area contributed by atoms with E-state index < -0.39 is 0 Å². The minimum absolute atomic E-state index is 0.104. The highest BCUT2D eigenvalue weighted by Crippen LogP contribution is 2.57. The summed E-state index contributed by atoms with van der Waals surface area (Å²) in [6.45, 7) is 11.4. The first kappa shape index (κ1) is 17.5. The van der Waals surface area contributed by atoms with Crippen LogP contribution in [0.3, 0.4) is 0 Å². The number of rotatable bonds is 3. The minimum atomic E-state index is -0.152. The Labute approximate surface area is 147 Å². The second-order valence-corrected chi connectivity index (χ2v) is 8.87. The van der Waals surface area contributed by atoms with Gasteiger partial charge in [0.05, 0.1) is 6.61 Å². The fourth-order valence-corrected chi connectivity index (χ4v) is 5.44. The van der Waals surface area contributed by atoms with Gasteiger partial charge in [0, 0.05) is 12.3 Å². The van der Waals surface area contributed by atoms with Gasteiger partial charge in [-0.3, -0.25) is 4.79 Å². The lowest BCUT2D eigenvalue weighted by molar-refractivity contribution is -0.148. The molecule has 0 saturated heterocycles. The van der Waals surface area contributed by atoms with Crippen LogP contribution >= 0.6 is 0 Å². The van der Waals surface area contributed by atoms with Crippen molar-refractivity contribution in [2.75, 3.05) is 6.61 Å². The van der Waals surface area contributed by atoms with Crippen molar-refractivity contribution in [3.63, 3.8) is 0 Å². The summed E-state index contributed by atoms with van der Waals surface area (Å²) in [5, 5.41) is 0. The minimum Gasteiger partial charge on any atom is -0.465 e. The Bertz CT molecular complexity index is 633. The molecule has 2 heteroatoms. The van der Waals surface area contributed by atoms with Gasteiger partial charge in [-0.05, 0) is 59.6 Å². The Balaban J connectivity index is 1.95. The highest BCUT2D eigenvalue weighted by molar-refractivity contribution is 5.65. The van der Waals surface area contributed by atoms with Gasteiger partial charge in [-0.1, -0.05) is 52.3 Å². The van der Waals surface area contributed by atoms with E-state index in [1.807, 2.05) is 0 Å². The van der Waals surface area contributed by atoms with Crippen LogP contribution in [0.15, 0.2) is 18.2 Å². The van der Waals surface area contributed by atoms with Gasteiger partial charge in [0.1, 0.15) is 0 Å². The number of carbonyl (C=O) groups is 1. The number of esters is 1. The molecule has 132 valence electrons. The summed E-state index contributed by atoms with van der Waals surface area (Å²) in [6, 6.07) is 7.17. The maximum absolute atomic E-state index is 11.3. The zero-order valence-corrected chi connectivity index (χ0v) is 15.9. The van der Waals surface area contributed by atoms with Crippen LogP contribution in [-0.4, -0.2) is 12.6 Å². The molecular formula is C22H32O2. The Morgan fingerprint density at radius 1 is 1.29 bits per heavy atom. The van der Waals surface area contributed by atoms with E-state index in [2.05, 4.69) is 45.9 Å². The van der Waals surface area contributed by atoms with Crippen LogP contribution in [0, 0.1) is 11.3 Å². The van der Waals surface area contributed by atoms with E-state index in [0.717, 1.165) is 6.42 Å². The zero-order valence-electron chi connectivity index (χ0n) is 15.9. The average molecular weight is 328 g/mol. The van der Waals surface area contributed by atoms with Crippen LogP contribution in [0.4, 0.5) is 0 Å². The van der Waals surface area contributed by atoms with Crippen molar-refractivity contribution in [2.24, 2.45) is 11.3 Å². The van der Waals surface area contributed by atoms with Crippen molar-refractivity contribution in [2.45, 2.75) is 78.1 Å². The van der Waals surface area contributed by atoms with Gasteiger partial charge >= 0.3 is 5.97 Å². The molecule has 3 atom stereocenters. The largest absolute Gasteiger partial charge is 0.465 e. The lowest BCUT2D eigenvalue weighted by Gasteiger charge is -2.55. The molecule has 0 aliphatic heterocycles. The second-order valence-electron chi connectivity index (χ2n) is 8.87. The monoisotopic (exact) mass is 328 g/mol. The molecule has 2 nitrogen and oxygen atoms in total. The normalized spacial score (nSPS) is 32.2. The maximum atomic E-state index is 11.3. The van der Waals surface area contributed by atoms with Crippen molar-refractivity contribution >= 4 is 5.97 Å². The van der Waals surface area contributed by atoms with Crippen LogP contribution in [0.25, 0.3) is 0 Å². The average Bonchev–Trinajstić information content (AvgIpc) is 2.52. The van der Waals surface area contributed by atoms with Crippen LogP contribution < -0.4 is 0 Å². The van der Waals surface area contributed by atoms with Gasteiger partial charge in [0.2, 0.25) is 0 Å². The van der Waals surface area contributed by atoms with E-state index in [-0.39, 0.29) is 16.8 Å². The molecule has 24 heavy (non-hydrogen) atoms. The van der Waals surface area contributed by atoms with E-state index in [9.17, 15) is 4.79 Å². The first-order valence-corrected chi connectivity index (χ1v) is 9.53. The summed E-state index contributed by atoms with van der Waals surface area (Å²) in [5.74, 6) is 1.03. The molecule has 2 aliphatic carbocycles. The summed E-state index contributed by atoms with van der Waals surface area (Å²) in [4.78, 5) is 11.3. The maximum Gasteiger partial charge on any atom is 0.302 e. The lowest BCUT2D eigenvalue weighted by Crippen LogP contribution is -2.51. The number of fused-ring (bicyclic) bond motifs is 3. The van der Waals surface area contributed by atoms with Crippen LogP contribution in [0.5, 0.6) is 0 Å². The third kappa shape index (κ3) is 2.89. The molecule has 0 amide bonds. The number of hydrogen-bond donors (Lipinski definition) is 0. The molecule has 3 rings (SSSR count). The first-order chi connectivity index (χ1) is 11.3. The lowest BCUT2D eigenvalue weighted by atomic mass is 9.50. The number of carbonyl (C=O) groups excluding carboxylic acids is 1. The highest BCUT2D eigenvalue weighted by Gasteiger charge is 2.52. The summed E-state index contributed by atoms with van der Waals surface area (Å²) in [6.07, 6.45) is 6.01. The molecule has 0 bridgehead atoms. The molecule has 0 spiro atoms. The fraction of sp³-hybridized carbons (Fsp3) is 0.682. The number of benzene rings is 1. The van der Waals surface area contributed by atoms with Gasteiger partial charge < -0.3 is 4.74 Å². The Hall–Kier alpha value is -1.31. The fourth-order valence-electron chi connectivity index (χ4n) is 5.44. The van der Waals surface area contributed by atoms with Crippen molar-refractivity contribution < 1.29 is 9.53 Å². The standard InChI is InChI=1S/C22H32O2/c1-15(2)17-7-9-19-18(13-17)8-10-20-21(4,14-24-16(3)23)11-6-12-22(19,20)5/h7,9,13,15,20H,6,8,10-12,14H2,1-5H3/t20-,21+,22-/m0/s1. The van der Waals surface area contributed by atoms with Gasteiger partial charge in [0.15, 0.2) is 0 Å². The smallest absolute Gasteiger partial charge is 0.302 e. The van der Waals surface area contributed by atoms with E-state index in [1.165, 1.54) is 38.2 Å². The molecule has 0 radical (unpaired) electrons. The van der Waals surface area contributed by atoms with Crippen LogP contribution in [0.2, 0.25) is 0 Å². The van der Waals surface area contributed by atoms with Crippen molar-refractivity contribution in [3.05, 3.63) is 34.9 Å². The quantitative estimate of drug-likeness (QED) is 0.696. The third-order valence-corrected chi connectivity index (χ3v) is 6.77. The number of ether oxygens (including phenoxy) is 1. The summed E-state index contributed by atoms with van der Waals surface area (Å²) < 4.78 is 5.48. The number of hydrogen-bond acceptors (Lipinski definition) is 2. The molecule has 0 heterocycles. The molecule has 1 aromatic rings. The third-order valence-electron chi connectivity index (χ3n) is 6.77. The topological polar surface area (TPSA) is 26.3 Å². The van der Waals surface area contributed by atoms with E-state index in [4.69, 9.17) is 4.74 Å². The summed E-state index contributed by atoms with van der Waals surface area (Å²) in [7, 11) is 0. The molecule has 0 N–H and O–H groups in total.